The molecule has 0 aliphatic carbocycles. The van der Waals surface area contributed by atoms with Gasteiger partial charge in [-0.15, -0.1) is 0 Å². The van der Waals surface area contributed by atoms with Crippen LogP contribution >= 0.6 is 0 Å². The number of hydrogen-bond acceptors (Lipinski definition) is 4. The molecule has 0 aromatic heterocycles. The highest BCUT2D eigenvalue weighted by molar-refractivity contribution is 5.98. The molecule has 2 heterocycles. The molecule has 158 valence electrons. The van der Waals surface area contributed by atoms with E-state index in [1.807, 2.05) is 59.5 Å². The molecule has 0 N–H and O–H groups in total. The number of carbonyl (C=O) groups is 2. The zero-order valence-electron chi connectivity index (χ0n) is 17.5. The van der Waals surface area contributed by atoms with Crippen LogP contribution in [0.1, 0.15) is 54.9 Å². The summed E-state index contributed by atoms with van der Waals surface area (Å²) < 4.78 is 11.2. The van der Waals surface area contributed by atoms with Crippen LogP contribution in [0.2, 0.25) is 0 Å². The van der Waals surface area contributed by atoms with Crippen LogP contribution in [0.15, 0.2) is 54.6 Å². The quantitative estimate of drug-likeness (QED) is 0.589. The van der Waals surface area contributed by atoms with E-state index in [9.17, 15) is 9.59 Å². The molecule has 0 radical (unpaired) electrons. The highest BCUT2D eigenvalue weighted by atomic mass is 16.6. The smallest absolute Gasteiger partial charge is 0.410 e. The van der Waals surface area contributed by atoms with Crippen molar-refractivity contribution in [3.05, 3.63) is 65.7 Å². The molecular formula is C25H29NO4. The number of nitrogens with zero attached hydrogens (tertiary/aromatic N) is 1. The summed E-state index contributed by atoms with van der Waals surface area (Å²) in [6.45, 7) is 2.98. The van der Waals surface area contributed by atoms with Crippen LogP contribution < -0.4 is 4.74 Å². The van der Waals surface area contributed by atoms with Crippen molar-refractivity contribution in [2.45, 2.75) is 57.7 Å². The highest BCUT2D eigenvalue weighted by Gasteiger charge is 2.45. The van der Waals surface area contributed by atoms with Gasteiger partial charge in [0.25, 0.3) is 0 Å². The van der Waals surface area contributed by atoms with E-state index in [1.54, 1.807) is 0 Å². The number of piperidine rings is 1. The molecule has 0 saturated carbocycles. The minimum Gasteiger partial charge on any atom is -0.494 e. The Kier molecular flexibility index (Phi) is 6.36. The van der Waals surface area contributed by atoms with Crippen molar-refractivity contribution >= 4 is 11.9 Å². The summed E-state index contributed by atoms with van der Waals surface area (Å²) in [5.74, 6) is 0.848. The molecular weight excluding hydrogens is 378 g/mol. The number of Topliss-reactive ketones (excluding diaryl/α,β-unsaturated/α-hetero) is 1. The molecule has 2 fully saturated rings. The molecule has 1 amide bonds. The van der Waals surface area contributed by atoms with Crippen LogP contribution in [0, 0.1) is 5.92 Å². The third-order valence-corrected chi connectivity index (χ3v) is 6.11. The molecule has 2 aromatic rings. The Hall–Kier alpha value is -2.82. The Labute approximate surface area is 178 Å². The minimum atomic E-state index is -0.257. The summed E-state index contributed by atoms with van der Waals surface area (Å²) in [6, 6.07) is 17.4. The number of carbonyl (C=O) groups excluding carboxylic acids is 2. The van der Waals surface area contributed by atoms with Gasteiger partial charge in [0.05, 0.1) is 6.61 Å². The van der Waals surface area contributed by atoms with E-state index in [-0.39, 0.29) is 36.5 Å². The summed E-state index contributed by atoms with van der Waals surface area (Å²) in [5.41, 5.74) is 1.68. The van der Waals surface area contributed by atoms with Crippen LogP contribution in [0.25, 0.3) is 0 Å². The van der Waals surface area contributed by atoms with E-state index >= 15 is 0 Å². The zero-order chi connectivity index (χ0) is 20.9. The number of fused-ring (bicyclic) bond motifs is 2. The fourth-order valence-electron chi connectivity index (χ4n) is 4.68. The summed E-state index contributed by atoms with van der Waals surface area (Å²) in [7, 11) is 0. The van der Waals surface area contributed by atoms with E-state index in [0.29, 0.717) is 25.0 Å². The molecule has 2 unspecified atom stereocenters. The second kappa shape index (κ2) is 9.33. The van der Waals surface area contributed by atoms with Gasteiger partial charge in [-0.05, 0) is 49.8 Å². The van der Waals surface area contributed by atoms with E-state index in [1.165, 1.54) is 0 Å². The minimum absolute atomic E-state index is 0.0536. The van der Waals surface area contributed by atoms with Crippen LogP contribution in [0.5, 0.6) is 5.75 Å². The summed E-state index contributed by atoms with van der Waals surface area (Å²) >= 11 is 0. The SMILES string of the molecule is CCCOc1cccc(C(=O)C2CC3CCC(C2)N3C(=O)OCc2ccccc2)c1. The van der Waals surface area contributed by atoms with Gasteiger partial charge in [0.15, 0.2) is 5.78 Å². The van der Waals surface area contributed by atoms with Crippen molar-refractivity contribution < 1.29 is 19.1 Å². The van der Waals surface area contributed by atoms with Crippen molar-refractivity contribution in [3.63, 3.8) is 0 Å². The summed E-state index contributed by atoms with van der Waals surface area (Å²) in [4.78, 5) is 27.8. The fraction of sp³-hybridized carbons (Fsp3) is 0.440. The lowest BCUT2D eigenvalue weighted by Crippen LogP contribution is -2.48. The predicted octanol–water partition coefficient (Wildman–Crippen LogP) is 5.24. The number of amides is 1. The summed E-state index contributed by atoms with van der Waals surface area (Å²) in [6.07, 6.45) is 3.96. The van der Waals surface area contributed by atoms with Crippen molar-refractivity contribution in [3.8, 4) is 5.75 Å². The largest absolute Gasteiger partial charge is 0.494 e. The third kappa shape index (κ3) is 4.50. The predicted molar refractivity (Wildman–Crippen MR) is 115 cm³/mol. The summed E-state index contributed by atoms with van der Waals surface area (Å²) in [5, 5.41) is 0. The van der Waals surface area contributed by atoms with Gasteiger partial charge >= 0.3 is 6.09 Å². The first kappa shape index (κ1) is 20.5. The van der Waals surface area contributed by atoms with Gasteiger partial charge in [-0.25, -0.2) is 4.79 Å². The van der Waals surface area contributed by atoms with Crippen LogP contribution in [0.4, 0.5) is 4.79 Å². The molecule has 2 aromatic carbocycles. The van der Waals surface area contributed by atoms with Crippen molar-refractivity contribution in [2.75, 3.05) is 6.61 Å². The molecule has 4 rings (SSSR count). The van der Waals surface area contributed by atoms with Gasteiger partial charge < -0.3 is 14.4 Å². The topological polar surface area (TPSA) is 55.8 Å². The molecule has 2 aliphatic heterocycles. The molecule has 2 bridgehead atoms. The Bertz CT molecular complexity index is 868. The maximum Gasteiger partial charge on any atom is 0.410 e. The fourth-order valence-corrected chi connectivity index (χ4v) is 4.68. The van der Waals surface area contributed by atoms with E-state index in [0.717, 1.165) is 30.6 Å². The van der Waals surface area contributed by atoms with Gasteiger partial charge in [-0.3, -0.25) is 4.79 Å². The average Bonchev–Trinajstić information content (AvgIpc) is 3.05. The second-order valence-corrected chi connectivity index (χ2v) is 8.24. The first-order chi connectivity index (χ1) is 14.7. The highest BCUT2D eigenvalue weighted by Crippen LogP contribution is 2.40. The number of hydrogen-bond donors (Lipinski definition) is 0. The Balaban J connectivity index is 1.37. The standard InChI is InChI=1S/C25H29NO4/c1-2-13-29-23-10-6-9-19(16-23)24(27)20-14-21-11-12-22(15-20)26(21)25(28)30-17-18-7-4-3-5-8-18/h3-10,16,20-22H,2,11-15,17H2,1H3. The molecule has 0 spiro atoms. The Morgan fingerprint density at radius 3 is 2.43 bits per heavy atom. The van der Waals surface area contributed by atoms with Crippen molar-refractivity contribution in [1.82, 2.24) is 4.90 Å². The third-order valence-electron chi connectivity index (χ3n) is 6.11. The lowest BCUT2D eigenvalue weighted by Gasteiger charge is -2.37. The molecule has 5 heteroatoms. The maximum absolute atomic E-state index is 13.1. The Morgan fingerprint density at radius 1 is 1.00 bits per heavy atom. The van der Waals surface area contributed by atoms with Crippen molar-refractivity contribution in [1.29, 1.82) is 0 Å². The maximum atomic E-state index is 13.1. The molecule has 2 aliphatic rings. The van der Waals surface area contributed by atoms with Gasteiger partial charge in [0.1, 0.15) is 12.4 Å². The van der Waals surface area contributed by atoms with E-state index in [2.05, 4.69) is 6.92 Å². The van der Waals surface area contributed by atoms with Crippen LogP contribution in [-0.4, -0.2) is 35.5 Å². The van der Waals surface area contributed by atoms with E-state index < -0.39 is 0 Å². The average molecular weight is 408 g/mol. The number of ether oxygens (including phenoxy) is 2. The van der Waals surface area contributed by atoms with Crippen LogP contribution in [-0.2, 0) is 11.3 Å². The lowest BCUT2D eigenvalue weighted by atomic mass is 9.85. The molecule has 5 nitrogen and oxygen atoms in total. The number of ketones is 1. The second-order valence-electron chi connectivity index (χ2n) is 8.24. The number of rotatable bonds is 7. The first-order valence-corrected chi connectivity index (χ1v) is 10.9. The van der Waals surface area contributed by atoms with Gasteiger partial charge in [-0.2, -0.15) is 0 Å². The lowest BCUT2D eigenvalue weighted by molar-refractivity contribution is 0.0485. The van der Waals surface area contributed by atoms with Gasteiger partial charge in [-0.1, -0.05) is 49.4 Å². The molecule has 2 saturated heterocycles. The molecule has 2 atom stereocenters. The Morgan fingerprint density at radius 2 is 1.73 bits per heavy atom. The molecule has 30 heavy (non-hydrogen) atoms. The first-order valence-electron chi connectivity index (χ1n) is 10.9. The van der Waals surface area contributed by atoms with Crippen molar-refractivity contribution in [2.24, 2.45) is 5.92 Å². The zero-order valence-corrected chi connectivity index (χ0v) is 17.5. The van der Waals surface area contributed by atoms with Crippen LogP contribution in [0.3, 0.4) is 0 Å². The monoisotopic (exact) mass is 407 g/mol. The van der Waals surface area contributed by atoms with Gasteiger partial charge in [0.2, 0.25) is 0 Å². The normalized spacial score (nSPS) is 22.6. The number of benzene rings is 2. The van der Waals surface area contributed by atoms with E-state index in [4.69, 9.17) is 9.47 Å². The van der Waals surface area contributed by atoms with Gasteiger partial charge in [0, 0.05) is 23.6 Å².